The van der Waals surface area contributed by atoms with Crippen molar-refractivity contribution in [1.29, 1.82) is 0 Å². The Morgan fingerprint density at radius 2 is 2.00 bits per heavy atom. The third kappa shape index (κ3) is 2.62. The van der Waals surface area contributed by atoms with Crippen LogP contribution in [0.2, 0.25) is 0 Å². The summed E-state index contributed by atoms with van der Waals surface area (Å²) in [7, 11) is 0. The molecule has 2 rings (SSSR count). The second kappa shape index (κ2) is 4.34. The van der Waals surface area contributed by atoms with E-state index in [9.17, 15) is 13.2 Å². The monoisotopic (exact) mass is 257 g/mol. The summed E-state index contributed by atoms with van der Waals surface area (Å²) in [6.45, 7) is 1.72. The number of hydrazine groups is 1. The lowest BCUT2D eigenvalue weighted by atomic mass is 10.1. The topological polar surface area (TPSA) is 60.2 Å². The number of alkyl halides is 3. The first-order valence-electron chi connectivity index (χ1n) is 5.03. The molecule has 0 aliphatic carbocycles. The Labute approximate surface area is 101 Å². The minimum atomic E-state index is -4.72. The van der Waals surface area contributed by atoms with Crippen LogP contribution in [0.1, 0.15) is 5.69 Å². The number of pyridine rings is 1. The van der Waals surface area contributed by atoms with Crippen molar-refractivity contribution >= 4 is 16.6 Å². The number of nitrogens with two attached hydrogens (primary N) is 1. The zero-order chi connectivity index (χ0) is 13.3. The van der Waals surface area contributed by atoms with Gasteiger partial charge in [-0.05, 0) is 25.1 Å². The van der Waals surface area contributed by atoms with Gasteiger partial charge in [0.25, 0.3) is 0 Å². The van der Waals surface area contributed by atoms with E-state index in [4.69, 9.17) is 5.84 Å². The van der Waals surface area contributed by atoms with Gasteiger partial charge < -0.3 is 10.2 Å². The van der Waals surface area contributed by atoms with Crippen LogP contribution in [0, 0.1) is 6.92 Å². The number of fused-ring (bicyclic) bond motifs is 1. The first kappa shape index (κ1) is 12.4. The van der Waals surface area contributed by atoms with E-state index in [0.29, 0.717) is 22.3 Å². The van der Waals surface area contributed by atoms with Crippen LogP contribution >= 0.6 is 0 Å². The number of rotatable bonds is 2. The van der Waals surface area contributed by atoms with Gasteiger partial charge >= 0.3 is 6.36 Å². The second-order valence-electron chi connectivity index (χ2n) is 3.68. The van der Waals surface area contributed by atoms with E-state index in [2.05, 4.69) is 15.1 Å². The van der Waals surface area contributed by atoms with Gasteiger partial charge in [0.15, 0.2) is 0 Å². The average Bonchev–Trinajstić information content (AvgIpc) is 2.25. The number of anilines is 1. The van der Waals surface area contributed by atoms with E-state index >= 15 is 0 Å². The van der Waals surface area contributed by atoms with Crippen LogP contribution in [0.4, 0.5) is 18.9 Å². The summed E-state index contributed by atoms with van der Waals surface area (Å²) in [6.07, 6.45) is -4.72. The van der Waals surface area contributed by atoms with Crippen LogP contribution < -0.4 is 16.0 Å². The Bertz CT molecular complexity index is 583. The van der Waals surface area contributed by atoms with Crippen molar-refractivity contribution in [2.24, 2.45) is 5.84 Å². The zero-order valence-corrected chi connectivity index (χ0v) is 9.38. The largest absolute Gasteiger partial charge is 0.573 e. The molecule has 0 saturated heterocycles. The molecular weight excluding hydrogens is 247 g/mol. The first-order valence-corrected chi connectivity index (χ1v) is 5.03. The number of nitrogen functional groups attached to an aromatic ring is 1. The highest BCUT2D eigenvalue weighted by atomic mass is 19.4. The first-order chi connectivity index (χ1) is 8.39. The normalized spacial score (nSPS) is 11.6. The van der Waals surface area contributed by atoms with Gasteiger partial charge in [0.1, 0.15) is 5.75 Å². The molecule has 4 nitrogen and oxygen atoms in total. The Hall–Kier alpha value is -2.02. The van der Waals surface area contributed by atoms with Gasteiger partial charge in [0.05, 0.1) is 11.2 Å². The smallest absolute Gasteiger partial charge is 0.406 e. The van der Waals surface area contributed by atoms with Crippen molar-refractivity contribution in [1.82, 2.24) is 4.98 Å². The Balaban J connectivity index is 2.51. The van der Waals surface area contributed by atoms with Crippen molar-refractivity contribution in [3.05, 3.63) is 30.0 Å². The highest BCUT2D eigenvalue weighted by Gasteiger charge is 2.31. The number of hydrogen-bond donors (Lipinski definition) is 2. The molecule has 0 amide bonds. The molecule has 0 fully saturated rings. The minimum Gasteiger partial charge on any atom is -0.406 e. The van der Waals surface area contributed by atoms with Gasteiger partial charge in [-0.15, -0.1) is 13.2 Å². The number of nitrogens with one attached hydrogen (secondary N) is 1. The SMILES string of the molecule is Cc1cc(NN)c2ccc(OC(F)(F)F)cc2n1. The van der Waals surface area contributed by atoms with Crippen LogP contribution in [0.5, 0.6) is 5.75 Å². The Morgan fingerprint density at radius 3 is 2.61 bits per heavy atom. The summed E-state index contributed by atoms with van der Waals surface area (Å²) in [6, 6.07) is 5.61. The van der Waals surface area contributed by atoms with Crippen molar-refractivity contribution in [2.45, 2.75) is 13.3 Å². The van der Waals surface area contributed by atoms with E-state index in [0.717, 1.165) is 0 Å². The number of nitrogens with zero attached hydrogens (tertiary/aromatic N) is 1. The Kier molecular flexibility index (Phi) is 3.00. The molecule has 1 aromatic heterocycles. The quantitative estimate of drug-likeness (QED) is 0.641. The zero-order valence-electron chi connectivity index (χ0n) is 9.38. The van der Waals surface area contributed by atoms with Gasteiger partial charge in [-0.25, -0.2) is 0 Å². The van der Waals surface area contributed by atoms with Crippen molar-refractivity contribution in [3.63, 3.8) is 0 Å². The van der Waals surface area contributed by atoms with E-state index in [1.807, 2.05) is 0 Å². The van der Waals surface area contributed by atoms with Gasteiger partial charge in [0.2, 0.25) is 0 Å². The van der Waals surface area contributed by atoms with Gasteiger partial charge in [-0.2, -0.15) is 0 Å². The van der Waals surface area contributed by atoms with Crippen LogP contribution in [-0.4, -0.2) is 11.3 Å². The molecule has 1 aromatic carbocycles. The fraction of sp³-hybridized carbons (Fsp3) is 0.182. The molecular formula is C11H10F3N3O. The summed E-state index contributed by atoms with van der Waals surface area (Å²) in [5.41, 5.74) is 4.09. The van der Waals surface area contributed by atoms with E-state index in [1.54, 1.807) is 13.0 Å². The molecule has 1 heterocycles. The summed E-state index contributed by atoms with van der Waals surface area (Å²) in [4.78, 5) is 4.13. The molecule has 7 heteroatoms. The summed E-state index contributed by atoms with van der Waals surface area (Å²) in [5, 5.41) is 0.623. The molecule has 0 spiro atoms. The van der Waals surface area contributed by atoms with Crippen LogP contribution in [0.3, 0.4) is 0 Å². The van der Waals surface area contributed by atoms with E-state index in [-0.39, 0.29) is 5.75 Å². The van der Waals surface area contributed by atoms with E-state index < -0.39 is 6.36 Å². The summed E-state index contributed by atoms with van der Waals surface area (Å²) in [5.74, 6) is 5.03. The van der Waals surface area contributed by atoms with E-state index in [1.165, 1.54) is 18.2 Å². The lowest BCUT2D eigenvalue weighted by molar-refractivity contribution is -0.274. The third-order valence-corrected chi connectivity index (χ3v) is 2.30. The number of aromatic nitrogens is 1. The third-order valence-electron chi connectivity index (χ3n) is 2.30. The lowest BCUT2D eigenvalue weighted by Crippen LogP contribution is -2.17. The molecule has 0 bridgehead atoms. The predicted octanol–water partition coefficient (Wildman–Crippen LogP) is 2.73. The number of ether oxygens (including phenoxy) is 1. The van der Waals surface area contributed by atoms with Crippen molar-refractivity contribution in [2.75, 3.05) is 5.43 Å². The maximum Gasteiger partial charge on any atom is 0.573 e. The molecule has 0 atom stereocenters. The molecule has 0 aliphatic heterocycles. The maximum absolute atomic E-state index is 12.1. The van der Waals surface area contributed by atoms with Crippen molar-refractivity contribution < 1.29 is 17.9 Å². The fourth-order valence-corrected chi connectivity index (χ4v) is 1.66. The fourth-order valence-electron chi connectivity index (χ4n) is 1.66. The average molecular weight is 257 g/mol. The highest BCUT2D eigenvalue weighted by Crippen LogP contribution is 2.29. The summed E-state index contributed by atoms with van der Waals surface area (Å²) < 4.78 is 40.1. The molecule has 0 saturated carbocycles. The van der Waals surface area contributed by atoms with Gasteiger partial charge in [-0.1, -0.05) is 0 Å². The maximum atomic E-state index is 12.1. The lowest BCUT2D eigenvalue weighted by Gasteiger charge is -2.11. The molecule has 0 unspecified atom stereocenters. The van der Waals surface area contributed by atoms with Crippen LogP contribution in [0.15, 0.2) is 24.3 Å². The molecule has 2 aromatic rings. The standard InChI is InChI=1S/C11H10F3N3O/c1-6-4-10(17-15)8-3-2-7(5-9(8)16-6)18-11(12,13)14/h2-5H,15H2,1H3,(H,16,17). The molecule has 18 heavy (non-hydrogen) atoms. The predicted molar refractivity (Wildman–Crippen MR) is 61.0 cm³/mol. The minimum absolute atomic E-state index is 0.309. The van der Waals surface area contributed by atoms with Crippen LogP contribution in [-0.2, 0) is 0 Å². The number of benzene rings is 1. The number of hydrogen-bond acceptors (Lipinski definition) is 4. The molecule has 96 valence electrons. The Morgan fingerprint density at radius 1 is 1.28 bits per heavy atom. The molecule has 0 radical (unpaired) electrons. The second-order valence-corrected chi connectivity index (χ2v) is 3.68. The van der Waals surface area contributed by atoms with Gasteiger partial charge in [-0.3, -0.25) is 10.8 Å². The highest BCUT2D eigenvalue weighted by molar-refractivity contribution is 5.92. The summed E-state index contributed by atoms with van der Waals surface area (Å²) >= 11 is 0. The number of aryl methyl sites for hydroxylation is 1. The molecule has 0 aliphatic rings. The van der Waals surface area contributed by atoms with Crippen LogP contribution in [0.25, 0.3) is 10.9 Å². The van der Waals surface area contributed by atoms with Gasteiger partial charge in [0, 0.05) is 17.1 Å². The number of halogens is 3. The molecule has 3 N–H and O–H groups in total. The van der Waals surface area contributed by atoms with Crippen molar-refractivity contribution in [3.8, 4) is 5.75 Å².